The highest BCUT2D eigenvalue weighted by Crippen LogP contribution is 2.26. The van der Waals surface area contributed by atoms with Crippen LogP contribution in [0.3, 0.4) is 0 Å². The number of pyridine rings is 1. The summed E-state index contributed by atoms with van der Waals surface area (Å²) in [6.07, 6.45) is 1.47. The van der Waals surface area contributed by atoms with E-state index in [1.54, 1.807) is 30.3 Å². The highest BCUT2D eigenvalue weighted by molar-refractivity contribution is 6.31. The Kier molecular flexibility index (Phi) is 5.63. The normalized spacial score (nSPS) is 10.3. The van der Waals surface area contributed by atoms with Gasteiger partial charge in [0.05, 0.1) is 11.0 Å². The van der Waals surface area contributed by atoms with Crippen LogP contribution in [-0.4, -0.2) is 15.8 Å². The Morgan fingerprint density at radius 2 is 1.96 bits per heavy atom. The van der Waals surface area contributed by atoms with E-state index in [1.165, 1.54) is 24.4 Å². The molecule has 0 saturated heterocycles. The minimum absolute atomic E-state index is 0.0506. The van der Waals surface area contributed by atoms with Gasteiger partial charge in [-0.2, -0.15) is 0 Å². The Labute approximate surface area is 159 Å². The third-order valence-corrected chi connectivity index (χ3v) is 4.02. The third-order valence-electron chi connectivity index (χ3n) is 3.66. The highest BCUT2D eigenvalue weighted by atomic mass is 35.5. The Balaban J connectivity index is 1.77. The van der Waals surface area contributed by atoms with Gasteiger partial charge in [0, 0.05) is 23.8 Å². The standard InChI is InChI=1S/C19H14ClN3O4/c20-17-9-2-1-5-13(17)12-22-18(24)16-8-4-10-21-19(16)27-15-7-3-6-14(11-15)23(25)26/h1-11H,12H2,(H,22,24). The third kappa shape index (κ3) is 4.59. The molecule has 0 unspecified atom stereocenters. The van der Waals surface area contributed by atoms with Gasteiger partial charge >= 0.3 is 0 Å². The van der Waals surface area contributed by atoms with Crippen molar-refractivity contribution in [3.8, 4) is 11.6 Å². The first-order valence-corrected chi connectivity index (χ1v) is 8.31. The molecule has 136 valence electrons. The topological polar surface area (TPSA) is 94.4 Å². The molecule has 0 atom stereocenters. The summed E-state index contributed by atoms with van der Waals surface area (Å²) in [6.45, 7) is 0.240. The minimum Gasteiger partial charge on any atom is -0.438 e. The van der Waals surface area contributed by atoms with Gasteiger partial charge < -0.3 is 10.1 Å². The van der Waals surface area contributed by atoms with E-state index in [0.29, 0.717) is 5.02 Å². The van der Waals surface area contributed by atoms with Gasteiger partial charge in [0.2, 0.25) is 5.88 Å². The monoisotopic (exact) mass is 383 g/mol. The van der Waals surface area contributed by atoms with Gasteiger partial charge in [-0.05, 0) is 29.8 Å². The van der Waals surface area contributed by atoms with E-state index in [2.05, 4.69) is 10.3 Å². The van der Waals surface area contributed by atoms with Gasteiger partial charge in [-0.1, -0.05) is 35.9 Å². The molecule has 0 aliphatic heterocycles. The molecule has 7 nitrogen and oxygen atoms in total. The van der Waals surface area contributed by atoms with Crippen LogP contribution in [0.25, 0.3) is 0 Å². The van der Waals surface area contributed by atoms with Crippen LogP contribution in [0.15, 0.2) is 66.9 Å². The molecule has 2 aromatic carbocycles. The van der Waals surface area contributed by atoms with Gasteiger partial charge in [0.1, 0.15) is 11.3 Å². The summed E-state index contributed by atoms with van der Waals surface area (Å²) in [5.41, 5.74) is 0.863. The summed E-state index contributed by atoms with van der Waals surface area (Å²) < 4.78 is 5.59. The fraction of sp³-hybridized carbons (Fsp3) is 0.0526. The molecule has 1 N–H and O–H groups in total. The number of ether oxygens (including phenoxy) is 1. The summed E-state index contributed by atoms with van der Waals surface area (Å²) in [5.74, 6) is -0.138. The van der Waals surface area contributed by atoms with Gasteiger partial charge in [0.15, 0.2) is 0 Å². The van der Waals surface area contributed by atoms with Crippen molar-refractivity contribution in [1.82, 2.24) is 10.3 Å². The number of rotatable bonds is 6. The average Bonchev–Trinajstić information content (AvgIpc) is 2.68. The van der Waals surface area contributed by atoms with E-state index in [-0.39, 0.29) is 29.4 Å². The van der Waals surface area contributed by atoms with Gasteiger partial charge in [-0.3, -0.25) is 14.9 Å². The smallest absolute Gasteiger partial charge is 0.273 e. The van der Waals surface area contributed by atoms with Crippen molar-refractivity contribution in [2.75, 3.05) is 0 Å². The second-order valence-corrected chi connectivity index (χ2v) is 5.89. The van der Waals surface area contributed by atoms with Crippen LogP contribution in [0.1, 0.15) is 15.9 Å². The number of benzene rings is 2. The maximum absolute atomic E-state index is 12.5. The number of hydrogen-bond donors (Lipinski definition) is 1. The zero-order chi connectivity index (χ0) is 19.2. The second-order valence-electron chi connectivity index (χ2n) is 5.49. The first-order chi connectivity index (χ1) is 13.0. The zero-order valence-electron chi connectivity index (χ0n) is 14.0. The first kappa shape index (κ1) is 18.3. The largest absolute Gasteiger partial charge is 0.438 e. The molecule has 3 rings (SSSR count). The predicted molar refractivity (Wildman–Crippen MR) is 100 cm³/mol. The molecule has 27 heavy (non-hydrogen) atoms. The Morgan fingerprint density at radius 3 is 2.74 bits per heavy atom. The molecule has 0 radical (unpaired) electrons. The number of aromatic nitrogens is 1. The van der Waals surface area contributed by atoms with Crippen molar-refractivity contribution >= 4 is 23.2 Å². The van der Waals surface area contributed by atoms with Crippen molar-refractivity contribution in [2.24, 2.45) is 0 Å². The molecule has 0 fully saturated rings. The number of nitrogens with zero attached hydrogens (tertiary/aromatic N) is 2. The van der Waals surface area contributed by atoms with E-state index >= 15 is 0 Å². The molecule has 8 heteroatoms. The molecular formula is C19H14ClN3O4. The number of non-ortho nitro benzene ring substituents is 1. The number of nitro groups is 1. The zero-order valence-corrected chi connectivity index (χ0v) is 14.7. The number of amides is 1. The molecule has 0 spiro atoms. The van der Waals surface area contributed by atoms with Crippen molar-refractivity contribution in [3.63, 3.8) is 0 Å². The predicted octanol–water partition coefficient (Wildman–Crippen LogP) is 4.37. The maximum Gasteiger partial charge on any atom is 0.273 e. The molecular weight excluding hydrogens is 370 g/mol. The number of halogens is 1. The van der Waals surface area contributed by atoms with Crippen LogP contribution >= 0.6 is 11.6 Å². The highest BCUT2D eigenvalue weighted by Gasteiger charge is 2.15. The Bertz CT molecular complexity index is 994. The van der Waals surface area contributed by atoms with Gasteiger partial charge in [-0.25, -0.2) is 4.98 Å². The number of nitrogens with one attached hydrogen (secondary N) is 1. The molecule has 0 aliphatic carbocycles. The van der Waals surface area contributed by atoms with Crippen molar-refractivity contribution in [1.29, 1.82) is 0 Å². The van der Waals surface area contributed by atoms with Crippen LogP contribution in [0.5, 0.6) is 11.6 Å². The fourth-order valence-corrected chi connectivity index (χ4v) is 2.53. The number of carbonyl (C=O) groups excluding carboxylic acids is 1. The van der Waals surface area contributed by atoms with Crippen molar-refractivity contribution in [3.05, 3.63) is 93.1 Å². The lowest BCUT2D eigenvalue weighted by molar-refractivity contribution is -0.384. The summed E-state index contributed by atoms with van der Waals surface area (Å²) in [5, 5.41) is 14.2. The molecule has 1 amide bonds. The summed E-state index contributed by atoms with van der Waals surface area (Å²) in [4.78, 5) is 27.0. The molecule has 0 bridgehead atoms. The van der Waals surface area contributed by atoms with Gasteiger partial charge in [-0.15, -0.1) is 0 Å². The van der Waals surface area contributed by atoms with Crippen LogP contribution in [0.4, 0.5) is 5.69 Å². The molecule has 1 heterocycles. The lowest BCUT2D eigenvalue weighted by atomic mass is 10.2. The van der Waals surface area contributed by atoms with Crippen LogP contribution in [0, 0.1) is 10.1 Å². The van der Waals surface area contributed by atoms with E-state index in [4.69, 9.17) is 16.3 Å². The average molecular weight is 384 g/mol. The van der Waals surface area contributed by atoms with E-state index in [9.17, 15) is 14.9 Å². The molecule has 1 aromatic heterocycles. The van der Waals surface area contributed by atoms with E-state index in [1.807, 2.05) is 12.1 Å². The minimum atomic E-state index is -0.525. The van der Waals surface area contributed by atoms with Crippen LogP contribution in [0.2, 0.25) is 5.02 Å². The van der Waals surface area contributed by atoms with Crippen LogP contribution < -0.4 is 10.1 Å². The summed E-state index contributed by atoms with van der Waals surface area (Å²) in [6, 6.07) is 16.0. The summed E-state index contributed by atoms with van der Waals surface area (Å²) in [7, 11) is 0. The molecule has 0 saturated carbocycles. The second kappa shape index (κ2) is 8.29. The van der Waals surface area contributed by atoms with Crippen molar-refractivity contribution < 1.29 is 14.5 Å². The lowest BCUT2D eigenvalue weighted by Gasteiger charge is -2.11. The first-order valence-electron chi connectivity index (χ1n) is 7.93. The quantitative estimate of drug-likeness (QED) is 0.504. The number of nitro benzene ring substituents is 1. The molecule has 3 aromatic rings. The Morgan fingerprint density at radius 1 is 1.15 bits per heavy atom. The SMILES string of the molecule is O=C(NCc1ccccc1Cl)c1cccnc1Oc1cccc([N+](=O)[O-])c1. The van der Waals surface area contributed by atoms with Crippen LogP contribution in [-0.2, 0) is 6.54 Å². The maximum atomic E-state index is 12.5. The van der Waals surface area contributed by atoms with E-state index in [0.717, 1.165) is 5.56 Å². The molecule has 0 aliphatic rings. The summed E-state index contributed by atoms with van der Waals surface area (Å²) >= 11 is 6.09. The van der Waals surface area contributed by atoms with Crippen molar-refractivity contribution in [2.45, 2.75) is 6.54 Å². The fourth-order valence-electron chi connectivity index (χ4n) is 2.33. The number of hydrogen-bond acceptors (Lipinski definition) is 5. The van der Waals surface area contributed by atoms with E-state index < -0.39 is 10.8 Å². The lowest BCUT2D eigenvalue weighted by Crippen LogP contribution is -2.23. The Hall–Kier alpha value is -3.45. The number of carbonyl (C=O) groups is 1. The van der Waals surface area contributed by atoms with Gasteiger partial charge in [0.25, 0.3) is 11.6 Å².